The topological polar surface area (TPSA) is 127 Å². The van der Waals surface area contributed by atoms with Crippen LogP contribution in [-0.2, 0) is 17.6 Å². The summed E-state index contributed by atoms with van der Waals surface area (Å²) in [7, 11) is 1.77. The SMILES string of the molecule is CNCc1ccc(-c2cc(-c3nc(-c4ccc(S(=O)O)c(F)c4)cnc3N)on2)c(F)c1. The van der Waals surface area contributed by atoms with E-state index < -0.39 is 22.7 Å². The molecule has 1 unspecified atom stereocenters. The van der Waals surface area contributed by atoms with E-state index in [1.165, 1.54) is 30.5 Å². The van der Waals surface area contributed by atoms with Crippen molar-refractivity contribution in [2.24, 2.45) is 0 Å². The Kier molecular flexibility index (Phi) is 6.04. The molecule has 0 saturated heterocycles. The van der Waals surface area contributed by atoms with E-state index in [0.717, 1.165) is 11.6 Å². The Balaban J connectivity index is 1.69. The van der Waals surface area contributed by atoms with Crippen LogP contribution in [0.1, 0.15) is 5.56 Å². The second kappa shape index (κ2) is 8.91. The molecule has 4 rings (SSSR count). The van der Waals surface area contributed by atoms with Crippen LogP contribution in [0.2, 0.25) is 0 Å². The molecule has 164 valence electrons. The predicted octanol–water partition coefficient (Wildman–Crippen LogP) is 3.63. The van der Waals surface area contributed by atoms with Crippen LogP contribution >= 0.6 is 0 Å². The molecule has 0 aliphatic rings. The van der Waals surface area contributed by atoms with Crippen molar-refractivity contribution in [3.63, 3.8) is 0 Å². The maximum absolute atomic E-state index is 14.5. The number of rotatable bonds is 6. The first-order valence-corrected chi connectivity index (χ1v) is 10.4. The van der Waals surface area contributed by atoms with Gasteiger partial charge in [0.1, 0.15) is 22.2 Å². The van der Waals surface area contributed by atoms with Crippen LogP contribution < -0.4 is 11.1 Å². The van der Waals surface area contributed by atoms with Crippen molar-refractivity contribution in [2.45, 2.75) is 11.4 Å². The van der Waals surface area contributed by atoms with E-state index >= 15 is 0 Å². The van der Waals surface area contributed by atoms with Gasteiger partial charge in [0.2, 0.25) is 0 Å². The van der Waals surface area contributed by atoms with Gasteiger partial charge in [0.05, 0.1) is 11.9 Å². The highest BCUT2D eigenvalue weighted by atomic mass is 32.2. The Morgan fingerprint density at radius 2 is 1.94 bits per heavy atom. The van der Waals surface area contributed by atoms with Crippen LogP contribution in [0.15, 0.2) is 58.1 Å². The monoisotopic (exact) mass is 457 g/mol. The molecule has 0 spiro atoms. The molecule has 0 bridgehead atoms. The van der Waals surface area contributed by atoms with E-state index in [0.29, 0.717) is 12.1 Å². The molecule has 0 fully saturated rings. The number of nitrogens with one attached hydrogen (secondary N) is 1. The summed E-state index contributed by atoms with van der Waals surface area (Å²) >= 11 is -2.45. The molecule has 0 aliphatic heterocycles. The largest absolute Gasteiger partial charge is 0.382 e. The van der Waals surface area contributed by atoms with Crippen LogP contribution in [0.25, 0.3) is 34.0 Å². The molecule has 2 aromatic heterocycles. The molecule has 0 radical (unpaired) electrons. The van der Waals surface area contributed by atoms with E-state index in [1.807, 2.05) is 0 Å². The quantitative estimate of drug-likeness (QED) is 0.375. The molecule has 1 atom stereocenters. The van der Waals surface area contributed by atoms with Gasteiger partial charge in [0, 0.05) is 23.7 Å². The minimum atomic E-state index is -2.45. The molecule has 2 heterocycles. The lowest BCUT2D eigenvalue weighted by Gasteiger charge is -2.06. The van der Waals surface area contributed by atoms with E-state index in [1.54, 1.807) is 19.2 Å². The smallest absolute Gasteiger partial charge is 0.189 e. The lowest BCUT2D eigenvalue weighted by molar-refractivity contribution is 0.433. The Bertz CT molecular complexity index is 1330. The fourth-order valence-electron chi connectivity index (χ4n) is 3.11. The third kappa shape index (κ3) is 4.26. The zero-order valence-corrected chi connectivity index (χ0v) is 17.5. The first kappa shape index (κ1) is 21.7. The molecule has 32 heavy (non-hydrogen) atoms. The summed E-state index contributed by atoms with van der Waals surface area (Å²) in [5.41, 5.74) is 7.93. The maximum atomic E-state index is 14.5. The van der Waals surface area contributed by atoms with E-state index in [9.17, 15) is 13.0 Å². The summed E-state index contributed by atoms with van der Waals surface area (Å²) in [6, 6.07) is 9.96. The highest BCUT2D eigenvalue weighted by Crippen LogP contribution is 2.31. The first-order chi connectivity index (χ1) is 15.4. The van der Waals surface area contributed by atoms with Crippen LogP contribution in [-0.4, -0.2) is 30.9 Å². The molecular formula is C21H17F2N5O3S. The molecule has 11 heteroatoms. The van der Waals surface area contributed by atoms with Gasteiger partial charge in [-0.15, -0.1) is 0 Å². The van der Waals surface area contributed by atoms with Gasteiger partial charge >= 0.3 is 0 Å². The maximum Gasteiger partial charge on any atom is 0.189 e. The van der Waals surface area contributed by atoms with Crippen molar-refractivity contribution in [2.75, 3.05) is 12.8 Å². The first-order valence-electron chi connectivity index (χ1n) is 9.31. The minimum Gasteiger partial charge on any atom is -0.382 e. The van der Waals surface area contributed by atoms with Gasteiger partial charge in [-0.05, 0) is 36.9 Å². The molecule has 0 saturated carbocycles. The van der Waals surface area contributed by atoms with Crippen LogP contribution in [0.4, 0.5) is 14.6 Å². The number of aromatic nitrogens is 3. The van der Waals surface area contributed by atoms with Crippen LogP contribution in [0, 0.1) is 11.6 Å². The average Bonchev–Trinajstić information content (AvgIpc) is 3.23. The lowest BCUT2D eigenvalue weighted by Crippen LogP contribution is -2.05. The van der Waals surface area contributed by atoms with Gasteiger partial charge in [-0.1, -0.05) is 17.3 Å². The van der Waals surface area contributed by atoms with Crippen molar-refractivity contribution >= 4 is 16.9 Å². The van der Waals surface area contributed by atoms with E-state index in [4.69, 9.17) is 14.8 Å². The van der Waals surface area contributed by atoms with Gasteiger partial charge in [0.15, 0.2) is 28.4 Å². The van der Waals surface area contributed by atoms with Gasteiger partial charge in [-0.2, -0.15) is 0 Å². The molecule has 8 nitrogen and oxygen atoms in total. The summed E-state index contributed by atoms with van der Waals surface area (Å²) in [6.45, 7) is 0.524. The number of benzene rings is 2. The summed E-state index contributed by atoms with van der Waals surface area (Å²) in [5, 5.41) is 6.86. The zero-order valence-electron chi connectivity index (χ0n) is 16.7. The fourth-order valence-corrected chi connectivity index (χ4v) is 3.52. The minimum absolute atomic E-state index is 0.0369. The number of hydrogen-bond donors (Lipinski definition) is 3. The van der Waals surface area contributed by atoms with Crippen molar-refractivity contribution in [3.8, 4) is 34.0 Å². The van der Waals surface area contributed by atoms with Crippen LogP contribution in [0.5, 0.6) is 0 Å². The average molecular weight is 457 g/mol. The Labute approximate surface area is 183 Å². The number of halogens is 2. The fraction of sp³-hybridized carbons (Fsp3) is 0.0952. The second-order valence-electron chi connectivity index (χ2n) is 6.80. The lowest BCUT2D eigenvalue weighted by atomic mass is 10.1. The van der Waals surface area contributed by atoms with Gasteiger partial charge in [-0.25, -0.2) is 23.0 Å². The summed E-state index contributed by atoms with van der Waals surface area (Å²) in [6.07, 6.45) is 1.33. The Hall–Kier alpha value is -3.54. The number of nitrogens with two attached hydrogens (primary N) is 1. The summed E-state index contributed by atoms with van der Waals surface area (Å²) in [5.74, 6) is -1.13. The third-order valence-electron chi connectivity index (χ3n) is 4.65. The predicted molar refractivity (Wildman–Crippen MR) is 115 cm³/mol. The second-order valence-corrected chi connectivity index (χ2v) is 7.74. The highest BCUT2D eigenvalue weighted by molar-refractivity contribution is 7.79. The number of hydrogen-bond acceptors (Lipinski definition) is 7. The molecule has 0 amide bonds. The van der Waals surface area contributed by atoms with E-state index in [2.05, 4.69) is 20.4 Å². The number of nitrogen functional groups attached to an aromatic ring is 1. The summed E-state index contributed by atoms with van der Waals surface area (Å²) < 4.78 is 54.2. The van der Waals surface area contributed by atoms with E-state index in [-0.39, 0.29) is 39.1 Å². The Morgan fingerprint density at radius 3 is 2.62 bits per heavy atom. The van der Waals surface area contributed by atoms with Gasteiger partial charge in [0.25, 0.3) is 0 Å². The Morgan fingerprint density at radius 1 is 1.12 bits per heavy atom. The van der Waals surface area contributed by atoms with Crippen molar-refractivity contribution < 1.29 is 22.1 Å². The summed E-state index contributed by atoms with van der Waals surface area (Å²) in [4.78, 5) is 8.09. The van der Waals surface area contributed by atoms with Gasteiger partial charge < -0.3 is 20.1 Å². The van der Waals surface area contributed by atoms with Crippen molar-refractivity contribution in [1.29, 1.82) is 0 Å². The third-order valence-corrected chi connectivity index (χ3v) is 5.36. The molecule has 2 aromatic carbocycles. The van der Waals surface area contributed by atoms with Crippen molar-refractivity contribution in [1.82, 2.24) is 20.4 Å². The number of anilines is 1. The molecular weight excluding hydrogens is 440 g/mol. The molecule has 0 aliphatic carbocycles. The molecule has 4 aromatic rings. The van der Waals surface area contributed by atoms with Crippen molar-refractivity contribution in [3.05, 3.63) is 65.9 Å². The van der Waals surface area contributed by atoms with Gasteiger partial charge in [-0.3, -0.25) is 0 Å². The standard InChI is InChI=1S/C21H17F2N5O3S/c1-25-9-11-2-4-13(14(22)6-11)16-8-18(31-28-16)20-21(24)26-10-17(27-20)12-3-5-19(32(29)30)15(23)7-12/h2-8,10,25H,9H2,1H3,(H2,24,26)(H,29,30). The zero-order chi connectivity index (χ0) is 22.8. The normalized spacial score (nSPS) is 12.1. The molecule has 4 N–H and O–H groups in total. The highest BCUT2D eigenvalue weighted by Gasteiger charge is 2.18. The number of nitrogens with zero attached hydrogens (tertiary/aromatic N) is 3. The van der Waals surface area contributed by atoms with Crippen LogP contribution in [0.3, 0.4) is 0 Å².